The Morgan fingerprint density at radius 2 is 1.88 bits per heavy atom. The van der Waals surface area contributed by atoms with Crippen LogP contribution in [0.3, 0.4) is 0 Å². The van der Waals surface area contributed by atoms with Gasteiger partial charge in [-0.25, -0.2) is 0 Å². The summed E-state index contributed by atoms with van der Waals surface area (Å²) < 4.78 is 6.12. The lowest BCUT2D eigenvalue weighted by Gasteiger charge is -2.19. The first kappa shape index (κ1) is 17.9. The number of nitrogens with one attached hydrogen (secondary N) is 1. The van der Waals surface area contributed by atoms with Gasteiger partial charge in [-0.3, -0.25) is 4.79 Å². The van der Waals surface area contributed by atoms with Crippen molar-refractivity contribution < 1.29 is 9.32 Å². The number of aromatic amines is 1. The van der Waals surface area contributed by atoms with Crippen LogP contribution in [-0.4, -0.2) is 17.5 Å². The molecule has 25 heavy (non-hydrogen) atoms. The van der Waals surface area contributed by atoms with Crippen LogP contribution in [-0.2, 0) is 4.52 Å². The molecule has 1 aromatic heterocycles. The molecule has 0 fully saturated rings. The Bertz CT molecular complexity index is 932. The summed E-state index contributed by atoms with van der Waals surface area (Å²) in [7, 11) is -1.20. The topological polar surface area (TPSA) is 68.1 Å². The van der Waals surface area contributed by atoms with Crippen molar-refractivity contribution in [1.82, 2.24) is 4.98 Å². The molecule has 0 saturated carbocycles. The molecule has 2 aromatic carbocycles. The van der Waals surface area contributed by atoms with Gasteiger partial charge in [0.25, 0.3) is 5.91 Å². The molecule has 3 rings (SSSR count). The highest BCUT2D eigenvalue weighted by Gasteiger charge is 2.26. The van der Waals surface area contributed by atoms with E-state index < -0.39 is 14.1 Å². The number of H-pyrrole nitrogens is 1. The molecule has 1 unspecified atom stereocenters. The van der Waals surface area contributed by atoms with Crippen molar-refractivity contribution in [1.29, 1.82) is 0 Å². The summed E-state index contributed by atoms with van der Waals surface area (Å²) in [5.74, 6) is -0.501. The van der Waals surface area contributed by atoms with Crippen molar-refractivity contribution >= 4 is 47.2 Å². The molecule has 0 aliphatic rings. The van der Waals surface area contributed by atoms with Gasteiger partial charge in [-0.05, 0) is 51.1 Å². The van der Waals surface area contributed by atoms with Crippen molar-refractivity contribution in [3.63, 3.8) is 0 Å². The lowest BCUT2D eigenvalue weighted by molar-refractivity contribution is 0.0997. The number of carbonyl (C=O) groups is 1. The van der Waals surface area contributed by atoms with Crippen molar-refractivity contribution in [2.45, 2.75) is 20.8 Å². The maximum atomic E-state index is 12.1. The van der Waals surface area contributed by atoms with Gasteiger partial charge in [0.2, 0.25) is 0 Å². The van der Waals surface area contributed by atoms with Crippen LogP contribution in [0, 0.1) is 13.8 Å². The highest BCUT2D eigenvalue weighted by atomic mass is 35.5. The predicted molar refractivity (Wildman–Crippen MR) is 106 cm³/mol. The number of benzene rings is 2. The van der Waals surface area contributed by atoms with Crippen molar-refractivity contribution in [3.05, 3.63) is 58.2 Å². The van der Waals surface area contributed by atoms with E-state index in [-0.39, 0.29) is 0 Å². The van der Waals surface area contributed by atoms with E-state index in [1.807, 2.05) is 19.1 Å². The second kappa shape index (κ2) is 7.17. The summed E-state index contributed by atoms with van der Waals surface area (Å²) in [6.07, 6.45) is 0. The van der Waals surface area contributed by atoms with E-state index in [1.165, 1.54) is 0 Å². The smallest absolute Gasteiger partial charge is 0.265 e. The monoisotopic (exact) mass is 374 g/mol. The Labute approximate surface area is 153 Å². The maximum Gasteiger partial charge on any atom is 0.265 e. The number of halogens is 1. The quantitative estimate of drug-likeness (QED) is 0.664. The van der Waals surface area contributed by atoms with Crippen LogP contribution in [0.25, 0.3) is 10.9 Å². The zero-order valence-corrected chi connectivity index (χ0v) is 16.0. The maximum absolute atomic E-state index is 12.1. The number of nitrogens with two attached hydrogens (primary N) is 1. The summed E-state index contributed by atoms with van der Waals surface area (Å²) >= 11 is 6.19. The van der Waals surface area contributed by atoms with Crippen LogP contribution in [0.1, 0.15) is 28.5 Å². The van der Waals surface area contributed by atoms with Gasteiger partial charge in [-0.2, -0.15) is 0 Å². The second-order valence-electron chi connectivity index (χ2n) is 5.96. The van der Waals surface area contributed by atoms with E-state index in [4.69, 9.17) is 21.9 Å². The number of fused-ring (bicyclic) bond motifs is 1. The minimum atomic E-state index is -1.20. The first-order chi connectivity index (χ1) is 11.9. The van der Waals surface area contributed by atoms with Crippen molar-refractivity contribution in [2.75, 3.05) is 6.61 Å². The standard InChI is InChI=1S/C19H20ClN2O2P/c1-4-24-25(14-8-11(2)7-12(3)9-14)18-15-10-13(20)5-6-16(15)22-17(18)19(21)23/h5-10,22H,4H2,1-3H3,(H2,21,23). The van der Waals surface area contributed by atoms with Crippen LogP contribution in [0.5, 0.6) is 0 Å². The van der Waals surface area contributed by atoms with E-state index in [9.17, 15) is 4.79 Å². The van der Waals surface area contributed by atoms with E-state index in [0.717, 1.165) is 32.6 Å². The van der Waals surface area contributed by atoms with E-state index in [1.54, 1.807) is 6.07 Å². The third-order valence-electron chi connectivity index (χ3n) is 3.88. The molecule has 130 valence electrons. The van der Waals surface area contributed by atoms with E-state index in [2.05, 4.69) is 37.0 Å². The average molecular weight is 375 g/mol. The number of carbonyl (C=O) groups excluding carboxylic acids is 1. The van der Waals surface area contributed by atoms with E-state index >= 15 is 0 Å². The molecular formula is C19H20ClN2O2P. The fourth-order valence-electron chi connectivity index (χ4n) is 3.00. The van der Waals surface area contributed by atoms with E-state index in [0.29, 0.717) is 17.3 Å². The van der Waals surface area contributed by atoms with Gasteiger partial charge in [0, 0.05) is 33.1 Å². The Kier molecular flexibility index (Phi) is 5.14. The van der Waals surface area contributed by atoms with Gasteiger partial charge in [0.15, 0.2) is 0 Å². The fraction of sp³-hybridized carbons (Fsp3) is 0.211. The Balaban J connectivity index is 2.30. The van der Waals surface area contributed by atoms with Gasteiger partial charge in [-0.15, -0.1) is 0 Å². The largest absolute Gasteiger partial charge is 0.364 e. The number of hydrogen-bond acceptors (Lipinski definition) is 2. The zero-order valence-electron chi connectivity index (χ0n) is 14.4. The van der Waals surface area contributed by atoms with Crippen LogP contribution in [0.15, 0.2) is 36.4 Å². The number of amides is 1. The van der Waals surface area contributed by atoms with Crippen LogP contribution in [0.2, 0.25) is 5.02 Å². The lowest BCUT2D eigenvalue weighted by Crippen LogP contribution is -2.24. The van der Waals surface area contributed by atoms with Gasteiger partial charge in [-0.1, -0.05) is 28.8 Å². The van der Waals surface area contributed by atoms with Crippen LogP contribution in [0.4, 0.5) is 0 Å². The lowest BCUT2D eigenvalue weighted by atomic mass is 10.2. The molecule has 4 nitrogen and oxygen atoms in total. The van der Waals surface area contributed by atoms with Crippen LogP contribution >= 0.6 is 19.7 Å². The van der Waals surface area contributed by atoms with Crippen LogP contribution < -0.4 is 16.3 Å². The summed E-state index contributed by atoms with van der Waals surface area (Å²) in [6.45, 7) is 6.59. The van der Waals surface area contributed by atoms with Crippen molar-refractivity contribution in [2.24, 2.45) is 5.73 Å². The average Bonchev–Trinajstić information content (AvgIpc) is 2.90. The Hall–Kier alpha value is -1.87. The molecule has 0 aliphatic carbocycles. The fourth-order valence-corrected chi connectivity index (χ4v) is 5.39. The first-order valence-electron chi connectivity index (χ1n) is 8.03. The number of rotatable bonds is 5. The molecule has 0 spiro atoms. The van der Waals surface area contributed by atoms with Gasteiger partial charge in [0.05, 0.1) is 8.15 Å². The number of hydrogen-bond donors (Lipinski definition) is 2. The summed E-state index contributed by atoms with van der Waals surface area (Å²) in [5.41, 5.74) is 9.16. The molecule has 3 aromatic rings. The zero-order chi connectivity index (χ0) is 18.1. The molecule has 1 amide bonds. The minimum absolute atomic E-state index is 0.385. The number of primary amides is 1. The molecule has 0 radical (unpaired) electrons. The molecule has 6 heteroatoms. The van der Waals surface area contributed by atoms with Gasteiger partial charge < -0.3 is 15.2 Å². The minimum Gasteiger partial charge on any atom is -0.364 e. The summed E-state index contributed by atoms with van der Waals surface area (Å²) in [5, 5.41) is 3.33. The third kappa shape index (κ3) is 3.57. The van der Waals surface area contributed by atoms with Crippen molar-refractivity contribution in [3.8, 4) is 0 Å². The van der Waals surface area contributed by atoms with Gasteiger partial charge in [0.1, 0.15) is 5.69 Å². The SMILES string of the molecule is CCOP(c1cc(C)cc(C)c1)c1c(C(N)=O)[nH]c2ccc(Cl)cc12. The third-order valence-corrected chi connectivity index (χ3v) is 6.23. The molecule has 0 saturated heterocycles. The second-order valence-corrected chi connectivity index (χ2v) is 8.21. The first-order valence-corrected chi connectivity index (χ1v) is 9.66. The molecule has 0 bridgehead atoms. The molecule has 3 N–H and O–H groups in total. The Morgan fingerprint density at radius 1 is 1.20 bits per heavy atom. The van der Waals surface area contributed by atoms with Gasteiger partial charge >= 0.3 is 0 Å². The molecular weight excluding hydrogens is 355 g/mol. The highest BCUT2D eigenvalue weighted by molar-refractivity contribution is 7.69. The Morgan fingerprint density at radius 3 is 2.48 bits per heavy atom. The predicted octanol–water partition coefficient (Wildman–Crippen LogP) is 3.92. The highest BCUT2D eigenvalue weighted by Crippen LogP contribution is 2.40. The molecule has 1 atom stereocenters. The summed E-state index contributed by atoms with van der Waals surface area (Å²) in [4.78, 5) is 15.2. The number of aromatic nitrogens is 1. The normalized spacial score (nSPS) is 12.5. The molecule has 1 heterocycles. The number of aryl methyl sites for hydroxylation is 2. The molecule has 0 aliphatic heterocycles. The summed E-state index contributed by atoms with van der Waals surface area (Å²) in [6, 6.07) is 11.8.